The van der Waals surface area contributed by atoms with Crippen LogP contribution in [0.15, 0.2) is 16.6 Å². The first-order valence-electron chi connectivity index (χ1n) is 9.87. The monoisotopic (exact) mass is 497 g/mol. The van der Waals surface area contributed by atoms with Crippen LogP contribution in [0.25, 0.3) is 0 Å². The zero-order valence-electron chi connectivity index (χ0n) is 17.0. The van der Waals surface area contributed by atoms with Crippen LogP contribution in [0.4, 0.5) is 19.3 Å². The van der Waals surface area contributed by atoms with E-state index >= 15 is 0 Å². The highest BCUT2D eigenvalue weighted by Gasteiger charge is 2.37. The third-order valence-corrected chi connectivity index (χ3v) is 6.52. The Kier molecular flexibility index (Phi) is 5.73. The van der Waals surface area contributed by atoms with Crippen molar-refractivity contribution in [1.82, 2.24) is 19.6 Å². The number of hydrogen-bond donors (Lipinski definition) is 2. The van der Waals surface area contributed by atoms with Gasteiger partial charge in [0.25, 0.3) is 5.91 Å². The number of halogens is 3. The Balaban J connectivity index is 1.63. The molecule has 3 heterocycles. The maximum atomic E-state index is 14.3. The number of urea groups is 1. The number of amides is 3. The van der Waals surface area contributed by atoms with Crippen LogP contribution < -0.4 is 5.32 Å². The van der Waals surface area contributed by atoms with Gasteiger partial charge in [-0.2, -0.15) is 5.10 Å². The van der Waals surface area contributed by atoms with Crippen molar-refractivity contribution >= 4 is 33.6 Å². The van der Waals surface area contributed by atoms with Crippen LogP contribution in [0.2, 0.25) is 0 Å². The molecule has 0 radical (unpaired) electrons. The fourth-order valence-electron chi connectivity index (χ4n) is 4.12. The minimum absolute atomic E-state index is 0.0642. The molecule has 2 aromatic rings. The molecule has 4 rings (SSSR count). The van der Waals surface area contributed by atoms with Crippen molar-refractivity contribution < 1.29 is 23.5 Å². The number of hydrogen-bond acceptors (Lipinski definition) is 4. The third-order valence-electron chi connectivity index (χ3n) is 5.79. The molecule has 0 saturated carbocycles. The van der Waals surface area contributed by atoms with E-state index in [4.69, 9.17) is 0 Å². The van der Waals surface area contributed by atoms with Crippen LogP contribution in [0.5, 0.6) is 0 Å². The molecule has 0 aliphatic carbocycles. The Morgan fingerprint density at radius 1 is 1.35 bits per heavy atom. The van der Waals surface area contributed by atoms with Gasteiger partial charge in [0.1, 0.15) is 11.5 Å². The van der Waals surface area contributed by atoms with E-state index in [-0.39, 0.29) is 41.2 Å². The van der Waals surface area contributed by atoms with Gasteiger partial charge in [-0.1, -0.05) is 0 Å². The molecule has 166 valence electrons. The van der Waals surface area contributed by atoms with Crippen LogP contribution in [-0.2, 0) is 19.5 Å². The number of aromatic nitrogens is 2. The van der Waals surface area contributed by atoms with Gasteiger partial charge < -0.3 is 20.2 Å². The van der Waals surface area contributed by atoms with E-state index < -0.39 is 17.7 Å². The van der Waals surface area contributed by atoms with E-state index in [2.05, 4.69) is 26.3 Å². The lowest BCUT2D eigenvalue weighted by Gasteiger charge is -2.33. The molecule has 8 nitrogen and oxygen atoms in total. The highest BCUT2D eigenvalue weighted by Crippen LogP contribution is 2.30. The van der Waals surface area contributed by atoms with E-state index in [1.54, 1.807) is 16.6 Å². The summed E-state index contributed by atoms with van der Waals surface area (Å²) in [5.41, 5.74) is 1.66. The maximum Gasteiger partial charge on any atom is 0.322 e. The number of aliphatic hydroxyl groups excluding tert-OH is 1. The van der Waals surface area contributed by atoms with Crippen molar-refractivity contribution in [2.24, 2.45) is 5.92 Å². The minimum Gasteiger partial charge on any atom is -0.396 e. The number of carbonyl (C=O) groups is 2. The Hall–Kier alpha value is -2.53. The number of carbonyl (C=O) groups excluding carboxylic acids is 2. The minimum atomic E-state index is -0.898. The molecule has 1 aromatic heterocycles. The van der Waals surface area contributed by atoms with Gasteiger partial charge in [0.15, 0.2) is 5.82 Å². The quantitative estimate of drug-likeness (QED) is 0.624. The molecular weight excluding hydrogens is 476 g/mol. The topological polar surface area (TPSA) is 90.7 Å². The fraction of sp³-hybridized carbons (Fsp3) is 0.450. The first-order chi connectivity index (χ1) is 14.7. The predicted octanol–water partition coefficient (Wildman–Crippen LogP) is 2.60. The summed E-state index contributed by atoms with van der Waals surface area (Å²) in [6.45, 7) is 2.72. The lowest BCUT2D eigenvalue weighted by atomic mass is 9.99. The maximum absolute atomic E-state index is 14.3. The Bertz CT molecular complexity index is 1060. The third kappa shape index (κ3) is 3.80. The SMILES string of the molecule is C[C@@H]1Cc2nn3c(c2CN1C(=O)Nc1ccc(F)c(Br)c1F)C(=O)N(C)CC(CO)C3. The van der Waals surface area contributed by atoms with Gasteiger partial charge in [-0.25, -0.2) is 13.6 Å². The largest absolute Gasteiger partial charge is 0.396 e. The second kappa shape index (κ2) is 8.19. The number of fused-ring (bicyclic) bond motifs is 3. The zero-order valence-corrected chi connectivity index (χ0v) is 18.6. The van der Waals surface area contributed by atoms with Crippen LogP contribution in [0, 0.1) is 17.6 Å². The van der Waals surface area contributed by atoms with Crippen LogP contribution in [0.1, 0.15) is 28.7 Å². The number of nitrogens with one attached hydrogen (secondary N) is 1. The van der Waals surface area contributed by atoms with E-state index in [1.165, 1.54) is 4.90 Å². The summed E-state index contributed by atoms with van der Waals surface area (Å²) >= 11 is 2.83. The van der Waals surface area contributed by atoms with Crippen molar-refractivity contribution in [3.05, 3.63) is 45.2 Å². The molecule has 2 aliphatic heterocycles. The summed E-state index contributed by atoms with van der Waals surface area (Å²) in [6, 6.07) is 1.41. The smallest absolute Gasteiger partial charge is 0.322 e. The van der Waals surface area contributed by atoms with E-state index in [1.807, 2.05) is 6.92 Å². The normalized spacial score (nSPS) is 20.9. The Labute approximate surface area is 185 Å². The van der Waals surface area contributed by atoms with Crippen LogP contribution >= 0.6 is 15.9 Å². The molecule has 0 bridgehead atoms. The molecule has 2 atom stereocenters. The summed E-state index contributed by atoms with van der Waals surface area (Å²) in [7, 11) is 1.67. The first kappa shape index (κ1) is 21.7. The van der Waals surface area contributed by atoms with Gasteiger partial charge in [-0.15, -0.1) is 0 Å². The van der Waals surface area contributed by atoms with Crippen molar-refractivity contribution in [3.8, 4) is 0 Å². The van der Waals surface area contributed by atoms with Crippen LogP contribution in [-0.4, -0.2) is 62.9 Å². The second-order valence-electron chi connectivity index (χ2n) is 8.02. The first-order valence-corrected chi connectivity index (χ1v) is 10.7. The van der Waals surface area contributed by atoms with Crippen molar-refractivity contribution in [2.75, 3.05) is 25.5 Å². The van der Waals surface area contributed by atoms with E-state index in [0.29, 0.717) is 30.8 Å². The van der Waals surface area contributed by atoms with E-state index in [9.17, 15) is 23.5 Å². The van der Waals surface area contributed by atoms with Gasteiger partial charge >= 0.3 is 6.03 Å². The summed E-state index contributed by atoms with van der Waals surface area (Å²) < 4.78 is 29.1. The average molecular weight is 498 g/mol. The molecule has 0 fully saturated rings. The van der Waals surface area contributed by atoms with Crippen molar-refractivity contribution in [3.63, 3.8) is 0 Å². The van der Waals surface area contributed by atoms with Crippen LogP contribution in [0.3, 0.4) is 0 Å². The summed E-state index contributed by atoms with van der Waals surface area (Å²) in [6.07, 6.45) is 0.430. The van der Waals surface area contributed by atoms with Crippen molar-refractivity contribution in [2.45, 2.75) is 32.5 Å². The molecule has 1 aromatic carbocycles. The summed E-state index contributed by atoms with van der Waals surface area (Å²) in [4.78, 5) is 28.9. The van der Waals surface area contributed by atoms with Crippen molar-refractivity contribution in [1.29, 1.82) is 0 Å². The van der Waals surface area contributed by atoms with Gasteiger partial charge in [-0.05, 0) is 35.0 Å². The molecule has 11 heteroatoms. The molecule has 2 N–H and O–H groups in total. The van der Waals surface area contributed by atoms with Gasteiger partial charge in [0, 0.05) is 50.7 Å². The zero-order chi connectivity index (χ0) is 22.4. The van der Waals surface area contributed by atoms with Gasteiger partial charge in [0.05, 0.1) is 22.4 Å². The Morgan fingerprint density at radius 2 is 2.10 bits per heavy atom. The molecule has 0 saturated heterocycles. The highest BCUT2D eigenvalue weighted by atomic mass is 79.9. The molecular formula is C20H22BrF2N5O3. The number of aliphatic hydroxyl groups is 1. The Morgan fingerprint density at radius 3 is 2.81 bits per heavy atom. The molecule has 3 amide bonds. The average Bonchev–Trinajstić information content (AvgIpc) is 3.02. The standard InChI is InChI=1S/C20H22BrF2N5O3/c1-10-5-15-12(18-19(30)26(2)6-11(9-29)7-28(18)25-15)8-27(10)20(31)24-14-4-3-13(22)16(21)17(14)23/h3-4,10-11,29H,5-9H2,1-2H3,(H,24,31)/t10-,11?/m1/s1. The number of benzene rings is 1. The summed E-state index contributed by atoms with van der Waals surface area (Å²) in [5.74, 6) is -2.01. The molecule has 1 unspecified atom stereocenters. The molecule has 2 aliphatic rings. The fourth-order valence-corrected chi connectivity index (χ4v) is 4.46. The number of anilines is 1. The van der Waals surface area contributed by atoms with E-state index in [0.717, 1.165) is 17.8 Å². The lowest BCUT2D eigenvalue weighted by molar-refractivity contribution is 0.0761. The highest BCUT2D eigenvalue weighted by molar-refractivity contribution is 9.10. The molecule has 0 spiro atoms. The second-order valence-corrected chi connectivity index (χ2v) is 8.82. The lowest BCUT2D eigenvalue weighted by Crippen LogP contribution is -2.45. The molecule has 31 heavy (non-hydrogen) atoms. The van der Waals surface area contributed by atoms with Gasteiger partial charge in [-0.3, -0.25) is 9.48 Å². The number of nitrogens with zero attached hydrogens (tertiary/aromatic N) is 4. The summed E-state index contributed by atoms with van der Waals surface area (Å²) in [5, 5.41) is 16.7. The number of rotatable bonds is 2. The predicted molar refractivity (Wildman–Crippen MR) is 112 cm³/mol. The van der Waals surface area contributed by atoms with Gasteiger partial charge in [0.2, 0.25) is 0 Å².